The van der Waals surface area contributed by atoms with Crippen LogP contribution in [0.3, 0.4) is 0 Å². The first kappa shape index (κ1) is 21.7. The van der Waals surface area contributed by atoms with E-state index >= 15 is 0 Å². The van der Waals surface area contributed by atoms with E-state index in [4.69, 9.17) is 4.98 Å². The molecule has 7 rings (SSSR count). The van der Waals surface area contributed by atoms with E-state index in [1.807, 2.05) is 32.2 Å². The van der Waals surface area contributed by atoms with Gasteiger partial charge in [0.15, 0.2) is 0 Å². The number of carboxylic acids is 1. The first-order valence-corrected chi connectivity index (χ1v) is 12.7. The zero-order valence-corrected chi connectivity index (χ0v) is 20.1. The lowest BCUT2D eigenvalue weighted by Gasteiger charge is -2.61. The number of benzene rings is 1. The lowest BCUT2D eigenvalue weighted by atomic mass is 9.44. The monoisotopic (exact) mass is 476 g/mol. The van der Waals surface area contributed by atoms with Crippen molar-refractivity contribution in [2.75, 3.05) is 5.32 Å². The fourth-order valence-electron chi connectivity index (χ4n) is 6.82. The molecule has 8 heteroatoms. The number of carboxylic acid groups (broad SMARTS) is 1. The van der Waals surface area contributed by atoms with Crippen LogP contribution in [0.25, 0.3) is 10.4 Å². The first-order chi connectivity index (χ1) is 16.2. The van der Waals surface area contributed by atoms with Crippen LogP contribution < -0.4 is 5.32 Å². The second-order valence-corrected chi connectivity index (χ2v) is 11.5. The number of nitrogens with zero attached hydrogens (tertiary/aromatic N) is 3. The van der Waals surface area contributed by atoms with Crippen molar-refractivity contribution in [3.05, 3.63) is 52.9 Å². The van der Waals surface area contributed by atoms with Gasteiger partial charge in [-0.05, 0) is 93.0 Å². The average Bonchev–Trinajstić information content (AvgIpc) is 3.27. The van der Waals surface area contributed by atoms with E-state index < -0.39 is 17.0 Å². The minimum Gasteiger partial charge on any atom is -0.481 e. The fourth-order valence-corrected chi connectivity index (χ4v) is 7.98. The summed E-state index contributed by atoms with van der Waals surface area (Å²) in [5.41, 5.74) is 2.22. The van der Waals surface area contributed by atoms with Gasteiger partial charge in [-0.3, -0.25) is 4.79 Å². The maximum Gasteiger partial charge on any atom is 0.309 e. The molecule has 2 aromatic heterocycles. The molecule has 4 bridgehead atoms. The quantitative estimate of drug-likeness (QED) is 0.472. The number of aryl methyl sites for hydroxylation is 2. The smallest absolute Gasteiger partial charge is 0.309 e. The Kier molecular flexibility index (Phi) is 4.83. The molecule has 0 aliphatic heterocycles. The van der Waals surface area contributed by atoms with E-state index in [-0.39, 0.29) is 11.8 Å². The number of rotatable bonds is 5. The van der Waals surface area contributed by atoms with Crippen molar-refractivity contribution >= 4 is 28.9 Å². The topological polar surface area (TPSA) is 108 Å². The Balaban J connectivity index is 1.31. The molecule has 4 aliphatic carbocycles. The summed E-state index contributed by atoms with van der Waals surface area (Å²) in [6.07, 6.45) is 7.23. The van der Waals surface area contributed by atoms with E-state index in [9.17, 15) is 15.0 Å². The molecule has 2 heterocycles. The van der Waals surface area contributed by atoms with Crippen molar-refractivity contribution in [2.45, 2.75) is 51.6 Å². The highest BCUT2D eigenvalue weighted by Gasteiger charge is 2.65. The molecule has 3 N–H and O–H groups in total. The highest BCUT2D eigenvalue weighted by molar-refractivity contribution is 7.15. The van der Waals surface area contributed by atoms with Gasteiger partial charge in [0.05, 0.1) is 10.3 Å². The van der Waals surface area contributed by atoms with Crippen LogP contribution in [0.2, 0.25) is 0 Å². The molecule has 7 nitrogen and oxygen atoms in total. The largest absolute Gasteiger partial charge is 0.481 e. The fraction of sp³-hybridized carbons (Fsp3) is 0.462. The van der Waals surface area contributed by atoms with Gasteiger partial charge in [0.2, 0.25) is 5.95 Å². The number of aliphatic carboxylic acids is 1. The Morgan fingerprint density at radius 3 is 2.59 bits per heavy atom. The Morgan fingerprint density at radius 1 is 1.12 bits per heavy atom. The Labute approximate surface area is 202 Å². The molecule has 3 aromatic rings. The average molecular weight is 477 g/mol. The van der Waals surface area contributed by atoms with Crippen LogP contribution >= 0.6 is 11.3 Å². The standard InChI is InChI=1S/C26H28N4O3S/c1-14-5-17(9-20(6-14)30-24-27-4-3-15(2)29-24)21-13-28-22(34-21)26(33)18-7-16-8-19(26)12-25(10-16,11-18)23(31)32/h3-6,9,13,16,18-19,33H,7-8,10-12H2,1-2H3,(H,31,32)(H,27,29,30)/t16?,18-,19+,25?,26+. The zero-order valence-electron chi connectivity index (χ0n) is 19.3. The van der Waals surface area contributed by atoms with Gasteiger partial charge in [-0.15, -0.1) is 11.3 Å². The third-order valence-electron chi connectivity index (χ3n) is 8.15. The molecule has 4 aliphatic rings. The minimum atomic E-state index is -1.03. The molecule has 0 radical (unpaired) electrons. The van der Waals surface area contributed by atoms with E-state index in [1.54, 1.807) is 6.20 Å². The number of thiazole rings is 1. The number of anilines is 2. The second-order valence-electron chi connectivity index (χ2n) is 10.5. The summed E-state index contributed by atoms with van der Waals surface area (Å²) < 4.78 is 0. The molecular formula is C26H28N4O3S. The van der Waals surface area contributed by atoms with E-state index in [1.165, 1.54) is 11.3 Å². The highest BCUT2D eigenvalue weighted by atomic mass is 32.1. The van der Waals surface area contributed by atoms with E-state index in [2.05, 4.69) is 27.4 Å². The van der Waals surface area contributed by atoms with E-state index in [0.717, 1.165) is 51.7 Å². The van der Waals surface area contributed by atoms with Gasteiger partial charge in [-0.1, -0.05) is 6.07 Å². The van der Waals surface area contributed by atoms with Crippen LogP contribution in [-0.2, 0) is 10.4 Å². The Morgan fingerprint density at radius 2 is 1.88 bits per heavy atom. The zero-order chi connectivity index (χ0) is 23.7. The molecule has 5 atom stereocenters. The Hall–Kier alpha value is -2.84. The summed E-state index contributed by atoms with van der Waals surface area (Å²) >= 11 is 1.53. The third kappa shape index (κ3) is 3.34. The van der Waals surface area contributed by atoms with Crippen LogP contribution in [0, 0.1) is 37.0 Å². The first-order valence-electron chi connectivity index (χ1n) is 11.9. The second kappa shape index (κ2) is 7.58. The Bertz CT molecular complexity index is 1270. The summed E-state index contributed by atoms with van der Waals surface area (Å²) in [6, 6.07) is 8.07. The number of nitrogens with one attached hydrogen (secondary N) is 1. The SMILES string of the molecule is Cc1cc(Nc2nccc(C)n2)cc(-c2cnc([C@]3(O)[C@@H]4CC5C[C@H]3CC(C(=O)O)(C5)C4)s2)c1. The summed E-state index contributed by atoms with van der Waals surface area (Å²) in [7, 11) is 0. The summed E-state index contributed by atoms with van der Waals surface area (Å²) in [6.45, 7) is 3.98. The van der Waals surface area contributed by atoms with Crippen molar-refractivity contribution in [1.29, 1.82) is 0 Å². The van der Waals surface area contributed by atoms with Gasteiger partial charge in [-0.2, -0.15) is 0 Å². The van der Waals surface area contributed by atoms with Crippen LogP contribution in [0.5, 0.6) is 0 Å². The van der Waals surface area contributed by atoms with Crippen molar-refractivity contribution in [3.8, 4) is 10.4 Å². The van der Waals surface area contributed by atoms with Crippen LogP contribution in [-0.4, -0.2) is 31.1 Å². The van der Waals surface area contributed by atoms with Crippen molar-refractivity contribution in [1.82, 2.24) is 15.0 Å². The number of aromatic nitrogens is 3. The summed E-state index contributed by atoms with van der Waals surface area (Å²) in [4.78, 5) is 26.5. The molecule has 4 fully saturated rings. The molecule has 2 unspecified atom stereocenters. The van der Waals surface area contributed by atoms with Gasteiger partial charge in [0.1, 0.15) is 10.6 Å². The molecule has 34 heavy (non-hydrogen) atoms. The summed E-state index contributed by atoms with van der Waals surface area (Å²) in [5, 5.41) is 25.9. The van der Waals surface area contributed by atoms with Crippen molar-refractivity contribution < 1.29 is 15.0 Å². The number of hydrogen-bond donors (Lipinski definition) is 3. The molecule has 176 valence electrons. The molecular weight excluding hydrogens is 448 g/mol. The lowest BCUT2D eigenvalue weighted by Crippen LogP contribution is -2.61. The van der Waals surface area contributed by atoms with Gasteiger partial charge < -0.3 is 15.5 Å². The van der Waals surface area contributed by atoms with Gasteiger partial charge in [-0.25, -0.2) is 15.0 Å². The predicted molar refractivity (Wildman–Crippen MR) is 130 cm³/mol. The number of hydrogen-bond acceptors (Lipinski definition) is 7. The third-order valence-corrected chi connectivity index (χ3v) is 9.34. The van der Waals surface area contributed by atoms with Crippen molar-refractivity contribution in [2.24, 2.45) is 23.2 Å². The lowest BCUT2D eigenvalue weighted by molar-refractivity contribution is -0.216. The number of carbonyl (C=O) groups is 1. The molecule has 0 saturated heterocycles. The van der Waals surface area contributed by atoms with Gasteiger partial charge in [0, 0.05) is 23.8 Å². The molecule has 0 amide bonds. The van der Waals surface area contributed by atoms with Gasteiger partial charge in [0.25, 0.3) is 0 Å². The maximum atomic E-state index is 12.1. The molecule has 1 aromatic carbocycles. The summed E-state index contributed by atoms with van der Waals surface area (Å²) in [5.74, 6) is 0.189. The number of aliphatic hydroxyl groups is 1. The minimum absolute atomic E-state index is 0.0398. The molecule has 4 saturated carbocycles. The van der Waals surface area contributed by atoms with Crippen LogP contribution in [0.1, 0.15) is 48.4 Å². The van der Waals surface area contributed by atoms with Crippen molar-refractivity contribution in [3.63, 3.8) is 0 Å². The van der Waals surface area contributed by atoms with E-state index in [0.29, 0.717) is 24.7 Å². The van der Waals surface area contributed by atoms with Crippen LogP contribution in [0.15, 0.2) is 36.7 Å². The molecule has 0 spiro atoms. The highest BCUT2D eigenvalue weighted by Crippen LogP contribution is 2.66. The van der Waals surface area contributed by atoms with Crippen LogP contribution in [0.4, 0.5) is 11.6 Å². The normalized spacial score (nSPS) is 31.6. The van der Waals surface area contributed by atoms with Gasteiger partial charge >= 0.3 is 5.97 Å². The predicted octanol–water partition coefficient (Wildman–Crippen LogP) is 5.06. The maximum absolute atomic E-state index is 12.1.